The van der Waals surface area contributed by atoms with Crippen LogP contribution in [0.15, 0.2) is 48.5 Å². The van der Waals surface area contributed by atoms with Crippen LogP contribution in [0.5, 0.6) is 11.5 Å². The predicted octanol–water partition coefficient (Wildman–Crippen LogP) is 4.02. The van der Waals surface area contributed by atoms with Crippen molar-refractivity contribution in [2.24, 2.45) is 34.5 Å². The van der Waals surface area contributed by atoms with E-state index in [-0.39, 0.29) is 54.3 Å². The fraction of sp³-hybridized carbons (Fsp3) is 0.659. The summed E-state index contributed by atoms with van der Waals surface area (Å²) < 4.78 is 49.9. The van der Waals surface area contributed by atoms with E-state index in [1.807, 2.05) is 0 Å². The first-order chi connectivity index (χ1) is 25.6. The fourth-order valence-corrected chi connectivity index (χ4v) is 13.1. The van der Waals surface area contributed by atoms with E-state index in [2.05, 4.69) is 11.8 Å². The van der Waals surface area contributed by atoms with E-state index < -0.39 is 46.7 Å². The Morgan fingerprint density at radius 3 is 1.98 bits per heavy atom. The van der Waals surface area contributed by atoms with E-state index in [0.717, 1.165) is 25.9 Å². The van der Waals surface area contributed by atoms with E-state index in [4.69, 9.17) is 37.9 Å². The van der Waals surface area contributed by atoms with Crippen LogP contribution in [-0.4, -0.2) is 126 Å². The summed E-state index contributed by atoms with van der Waals surface area (Å²) in [6.07, 6.45) is -0.284. The third kappa shape index (κ3) is 4.81. The van der Waals surface area contributed by atoms with Gasteiger partial charge in [0.1, 0.15) is 28.8 Å². The standard InChI is InChI=1S/C41H53NO11/c1-8-42-21-38(22-46-2)18-17-28(49-5)41-27-19-39(45)29(50-6)20-40(31(34(41)42)32(51-7)33(38)41,53-37(44)24-11-15-26(48-4)16-12-24)30(27)35(39)52-36(43)23-9-13-25(47-3)14-10-23/h9-16,27-35,45H,8,17-22H2,1-7H3/t27-,28+,29+,30-,31+,32+,33-,34-,35-,38+,39+,40-,41+/m1/s1. The molecule has 1 heterocycles. The highest BCUT2D eigenvalue weighted by atomic mass is 16.6. The molecule has 2 aromatic rings. The number of piperidine rings is 1. The molecule has 12 nitrogen and oxygen atoms in total. The topological polar surface area (TPSA) is 131 Å². The van der Waals surface area contributed by atoms with Gasteiger partial charge in [0.2, 0.25) is 0 Å². The highest BCUT2D eigenvalue weighted by Crippen LogP contribution is 2.80. The van der Waals surface area contributed by atoms with Crippen LogP contribution in [0.3, 0.4) is 0 Å². The van der Waals surface area contributed by atoms with Crippen molar-refractivity contribution in [3.8, 4) is 11.5 Å². The number of esters is 2. The highest BCUT2D eigenvalue weighted by Gasteiger charge is 2.90. The molecule has 1 aliphatic heterocycles. The minimum Gasteiger partial charge on any atom is -0.497 e. The molecule has 53 heavy (non-hydrogen) atoms. The number of benzene rings is 2. The summed E-state index contributed by atoms with van der Waals surface area (Å²) in [5, 5.41) is 13.1. The average Bonchev–Trinajstić information content (AvgIpc) is 3.56. The molecular weight excluding hydrogens is 682 g/mol. The van der Waals surface area contributed by atoms with E-state index in [1.165, 1.54) is 0 Å². The molecule has 1 N–H and O–H groups in total. The van der Waals surface area contributed by atoms with Gasteiger partial charge in [0.15, 0.2) is 0 Å². The van der Waals surface area contributed by atoms with Crippen LogP contribution in [-0.2, 0) is 28.4 Å². The zero-order chi connectivity index (χ0) is 37.5. The number of hydrogen-bond donors (Lipinski definition) is 1. The number of carbonyl (C=O) groups is 2. The van der Waals surface area contributed by atoms with Crippen molar-refractivity contribution in [1.29, 1.82) is 0 Å². The molecule has 0 amide bonds. The van der Waals surface area contributed by atoms with Crippen LogP contribution in [0.1, 0.15) is 53.3 Å². The molecule has 0 unspecified atom stereocenters. The van der Waals surface area contributed by atoms with Crippen molar-refractivity contribution in [1.82, 2.24) is 4.90 Å². The first-order valence-electron chi connectivity index (χ1n) is 18.8. The Hall–Kier alpha value is -3.26. The molecule has 0 radical (unpaired) electrons. The van der Waals surface area contributed by atoms with Gasteiger partial charge in [0.25, 0.3) is 0 Å². The van der Waals surface area contributed by atoms with Gasteiger partial charge in [-0.3, -0.25) is 4.90 Å². The predicted molar refractivity (Wildman–Crippen MR) is 191 cm³/mol. The smallest absolute Gasteiger partial charge is 0.338 e. The SMILES string of the molecule is CCN1C[C@]2(COC)CC[C@H](OC)[C@@]34[C@@H]5C[C@]6(O)[C@@H](OC)C[C@@](OC(=O)c7ccc(OC)cc7)([C@H]5[C@H]6OC(=O)c5ccc(OC)cc5)[C@@H]([C@H](OC)[C@H]23)[C@@H]14. The second-order valence-electron chi connectivity index (χ2n) is 16.2. The van der Waals surface area contributed by atoms with E-state index in [1.54, 1.807) is 91.2 Å². The molecule has 1 saturated heterocycles. The number of hydrogen-bond acceptors (Lipinski definition) is 12. The molecule has 8 rings (SSSR count). The molecule has 13 atom stereocenters. The largest absolute Gasteiger partial charge is 0.497 e. The van der Waals surface area contributed by atoms with Crippen molar-refractivity contribution < 1.29 is 52.6 Å². The van der Waals surface area contributed by atoms with Crippen LogP contribution in [0.25, 0.3) is 0 Å². The zero-order valence-corrected chi connectivity index (χ0v) is 31.7. The maximum absolute atomic E-state index is 14.6. The lowest BCUT2D eigenvalue weighted by molar-refractivity contribution is -0.282. The average molecular weight is 736 g/mol. The minimum atomic E-state index is -1.57. The minimum absolute atomic E-state index is 0.0510. The number of aliphatic hydroxyl groups is 1. The van der Waals surface area contributed by atoms with Crippen LogP contribution < -0.4 is 9.47 Å². The summed E-state index contributed by atoms with van der Waals surface area (Å²) in [5.74, 6) is -1.19. The van der Waals surface area contributed by atoms with Gasteiger partial charge in [-0.05, 0) is 80.3 Å². The van der Waals surface area contributed by atoms with Crippen molar-refractivity contribution >= 4 is 11.9 Å². The number of ether oxygens (including phenoxy) is 8. The third-order valence-corrected chi connectivity index (χ3v) is 14.6. The molecule has 2 aromatic carbocycles. The number of methoxy groups -OCH3 is 6. The quantitative estimate of drug-likeness (QED) is 0.316. The molecule has 5 saturated carbocycles. The van der Waals surface area contributed by atoms with E-state index in [9.17, 15) is 14.7 Å². The molecule has 5 aliphatic carbocycles. The van der Waals surface area contributed by atoms with Crippen LogP contribution in [0, 0.1) is 34.5 Å². The van der Waals surface area contributed by atoms with E-state index >= 15 is 0 Å². The van der Waals surface area contributed by atoms with Crippen LogP contribution in [0.4, 0.5) is 0 Å². The Morgan fingerprint density at radius 2 is 1.43 bits per heavy atom. The number of likely N-dealkylation sites (tertiary alicyclic amines) is 1. The Bertz CT molecular complexity index is 1700. The van der Waals surface area contributed by atoms with Crippen LogP contribution >= 0.6 is 0 Å². The Balaban J connectivity index is 1.35. The lowest BCUT2D eigenvalue weighted by atomic mass is 9.43. The molecule has 7 bridgehead atoms. The summed E-state index contributed by atoms with van der Waals surface area (Å²) in [6, 6.07) is 13.4. The van der Waals surface area contributed by atoms with Gasteiger partial charge in [-0.2, -0.15) is 0 Å². The normalized spacial score (nSPS) is 41.8. The number of fused-ring (bicyclic) bond motifs is 2. The van der Waals surface area contributed by atoms with Crippen LogP contribution in [0.2, 0.25) is 0 Å². The van der Waals surface area contributed by atoms with Crippen molar-refractivity contribution in [3.05, 3.63) is 59.7 Å². The molecule has 1 spiro atoms. The molecule has 6 fully saturated rings. The highest BCUT2D eigenvalue weighted by molar-refractivity contribution is 5.90. The monoisotopic (exact) mass is 735 g/mol. The van der Waals surface area contributed by atoms with Gasteiger partial charge < -0.3 is 43.0 Å². The van der Waals surface area contributed by atoms with Crippen molar-refractivity contribution in [2.45, 2.75) is 74.3 Å². The van der Waals surface area contributed by atoms with Gasteiger partial charge in [-0.15, -0.1) is 0 Å². The number of rotatable bonds is 12. The third-order valence-electron chi connectivity index (χ3n) is 14.6. The van der Waals surface area contributed by atoms with Gasteiger partial charge in [0, 0.05) is 76.0 Å². The second kappa shape index (κ2) is 13.2. The van der Waals surface area contributed by atoms with Gasteiger partial charge in [0.05, 0.1) is 50.3 Å². The van der Waals surface area contributed by atoms with Crippen molar-refractivity contribution in [2.75, 3.05) is 62.4 Å². The molecule has 6 aliphatic rings. The molecule has 0 aromatic heterocycles. The lowest BCUT2D eigenvalue weighted by Gasteiger charge is -2.69. The first-order valence-corrected chi connectivity index (χ1v) is 18.8. The number of nitrogens with zero attached hydrogens (tertiary/aromatic N) is 1. The molecular formula is C41H53NO11. The Morgan fingerprint density at radius 1 is 0.811 bits per heavy atom. The van der Waals surface area contributed by atoms with Gasteiger partial charge in [-0.25, -0.2) is 9.59 Å². The number of carbonyl (C=O) groups excluding carboxylic acids is 2. The summed E-state index contributed by atoms with van der Waals surface area (Å²) in [6.45, 7) is 4.26. The van der Waals surface area contributed by atoms with Gasteiger partial charge >= 0.3 is 11.9 Å². The summed E-state index contributed by atoms with van der Waals surface area (Å²) >= 11 is 0. The Kier molecular flexibility index (Phi) is 9.14. The van der Waals surface area contributed by atoms with Crippen molar-refractivity contribution in [3.63, 3.8) is 0 Å². The fourth-order valence-electron chi connectivity index (χ4n) is 13.1. The zero-order valence-electron chi connectivity index (χ0n) is 31.7. The van der Waals surface area contributed by atoms with Gasteiger partial charge in [-0.1, -0.05) is 6.92 Å². The maximum atomic E-state index is 14.6. The summed E-state index contributed by atoms with van der Waals surface area (Å²) in [5.41, 5.74) is -3.00. The summed E-state index contributed by atoms with van der Waals surface area (Å²) in [4.78, 5) is 31.3. The Labute approximate surface area is 311 Å². The maximum Gasteiger partial charge on any atom is 0.338 e. The summed E-state index contributed by atoms with van der Waals surface area (Å²) in [7, 11) is 10.0. The second-order valence-corrected chi connectivity index (χ2v) is 16.2. The van der Waals surface area contributed by atoms with E-state index in [0.29, 0.717) is 29.2 Å². The molecule has 12 heteroatoms. The molecule has 288 valence electrons. The lowest BCUT2D eigenvalue weighted by Crippen LogP contribution is -2.77. The first kappa shape index (κ1) is 36.7.